The van der Waals surface area contributed by atoms with E-state index in [1.807, 2.05) is 13.0 Å². The van der Waals surface area contributed by atoms with Crippen LogP contribution >= 0.6 is 11.8 Å². The van der Waals surface area contributed by atoms with Gasteiger partial charge < -0.3 is 5.11 Å². The Balaban J connectivity index is 2.33. The molecule has 0 atom stereocenters. The number of carboxylic acids is 1. The van der Waals surface area contributed by atoms with Crippen LogP contribution in [0.5, 0.6) is 0 Å². The predicted octanol–water partition coefficient (Wildman–Crippen LogP) is 3.38. The largest absolute Gasteiger partial charge is 0.478 e. The molecule has 0 radical (unpaired) electrons. The fraction of sp³-hybridized carbons (Fsp3) is 0.0769. The van der Waals surface area contributed by atoms with Crippen LogP contribution in [0.1, 0.15) is 15.9 Å². The van der Waals surface area contributed by atoms with Crippen LogP contribution in [0.15, 0.2) is 46.5 Å². The van der Waals surface area contributed by atoms with Gasteiger partial charge in [0.1, 0.15) is 5.82 Å². The number of hydrogen-bond donors (Lipinski definition) is 1. The Morgan fingerprint density at radius 2 is 2.17 bits per heavy atom. The minimum absolute atomic E-state index is 0.313. The van der Waals surface area contributed by atoms with Crippen molar-refractivity contribution >= 4 is 17.7 Å². The molecule has 1 aromatic heterocycles. The van der Waals surface area contributed by atoms with Crippen molar-refractivity contribution in [3.63, 3.8) is 0 Å². The first-order chi connectivity index (χ1) is 8.58. The van der Waals surface area contributed by atoms with Crippen LogP contribution in [-0.2, 0) is 0 Å². The molecule has 0 bridgehead atoms. The van der Waals surface area contributed by atoms with E-state index in [2.05, 4.69) is 4.98 Å². The number of nitrogens with zero attached hydrogens (tertiary/aromatic N) is 1. The summed E-state index contributed by atoms with van der Waals surface area (Å²) in [6, 6.07) is 5.90. The fourth-order valence-corrected chi connectivity index (χ4v) is 2.34. The average molecular weight is 263 g/mol. The highest BCUT2D eigenvalue weighted by molar-refractivity contribution is 7.99. The molecule has 1 aromatic carbocycles. The number of aromatic carboxylic acids is 1. The van der Waals surface area contributed by atoms with Gasteiger partial charge in [-0.05, 0) is 36.8 Å². The molecule has 1 N–H and O–H groups in total. The van der Waals surface area contributed by atoms with E-state index in [1.165, 1.54) is 23.9 Å². The number of carboxylic acid groups (broad SMARTS) is 1. The van der Waals surface area contributed by atoms with E-state index in [0.717, 1.165) is 10.5 Å². The van der Waals surface area contributed by atoms with Crippen LogP contribution in [-0.4, -0.2) is 16.1 Å². The zero-order valence-corrected chi connectivity index (χ0v) is 10.4. The first-order valence-corrected chi connectivity index (χ1v) is 6.01. The number of halogens is 1. The minimum atomic E-state index is -1.26. The van der Waals surface area contributed by atoms with Gasteiger partial charge in [-0.3, -0.25) is 4.98 Å². The van der Waals surface area contributed by atoms with E-state index in [1.54, 1.807) is 18.5 Å². The molecule has 0 aliphatic heterocycles. The van der Waals surface area contributed by atoms with Crippen LogP contribution in [0.3, 0.4) is 0 Å². The second kappa shape index (κ2) is 5.18. The highest BCUT2D eigenvalue weighted by Crippen LogP contribution is 2.30. The quantitative estimate of drug-likeness (QED) is 0.922. The third kappa shape index (κ3) is 2.68. The minimum Gasteiger partial charge on any atom is -0.478 e. The van der Waals surface area contributed by atoms with Crippen LogP contribution < -0.4 is 0 Å². The van der Waals surface area contributed by atoms with Gasteiger partial charge in [0.15, 0.2) is 0 Å². The molecule has 0 saturated heterocycles. The van der Waals surface area contributed by atoms with Crippen molar-refractivity contribution in [2.45, 2.75) is 16.7 Å². The zero-order valence-electron chi connectivity index (χ0n) is 9.55. The summed E-state index contributed by atoms with van der Waals surface area (Å²) in [4.78, 5) is 16.5. The molecule has 2 aromatic rings. The van der Waals surface area contributed by atoms with Gasteiger partial charge in [-0.1, -0.05) is 11.8 Å². The fourth-order valence-electron chi connectivity index (χ4n) is 1.43. The lowest BCUT2D eigenvalue weighted by Gasteiger charge is -2.06. The monoisotopic (exact) mass is 263 g/mol. The maximum absolute atomic E-state index is 13.2. The van der Waals surface area contributed by atoms with Crippen molar-refractivity contribution in [2.24, 2.45) is 0 Å². The zero-order chi connectivity index (χ0) is 13.1. The molecule has 1 heterocycles. The molecule has 92 valence electrons. The second-order valence-corrected chi connectivity index (χ2v) is 4.81. The van der Waals surface area contributed by atoms with Gasteiger partial charge in [-0.25, -0.2) is 9.18 Å². The van der Waals surface area contributed by atoms with Crippen molar-refractivity contribution in [3.05, 3.63) is 53.6 Å². The van der Waals surface area contributed by atoms with Gasteiger partial charge in [0.25, 0.3) is 0 Å². The van der Waals surface area contributed by atoms with Gasteiger partial charge in [-0.15, -0.1) is 0 Å². The molecule has 0 aliphatic rings. The standard InChI is InChI=1S/C13H10FNO2S/c1-8-7-15-5-4-12(8)18-9-2-3-11(14)10(6-9)13(16)17/h2-7H,1H3,(H,16,17). The number of benzene rings is 1. The van der Waals surface area contributed by atoms with Gasteiger partial charge in [0, 0.05) is 22.2 Å². The highest BCUT2D eigenvalue weighted by atomic mass is 32.2. The number of rotatable bonds is 3. The molecule has 0 spiro atoms. The van der Waals surface area contributed by atoms with Crippen molar-refractivity contribution < 1.29 is 14.3 Å². The maximum Gasteiger partial charge on any atom is 0.338 e. The Bertz CT molecular complexity index is 601. The number of aromatic nitrogens is 1. The first-order valence-electron chi connectivity index (χ1n) is 5.19. The number of hydrogen-bond acceptors (Lipinski definition) is 3. The van der Waals surface area contributed by atoms with Gasteiger partial charge in [0.2, 0.25) is 0 Å². The molecule has 0 saturated carbocycles. The molecule has 3 nitrogen and oxygen atoms in total. The molecule has 2 rings (SSSR count). The average Bonchev–Trinajstić information content (AvgIpc) is 2.34. The van der Waals surface area contributed by atoms with Crippen molar-refractivity contribution in [1.29, 1.82) is 0 Å². The van der Waals surface area contributed by atoms with Crippen molar-refractivity contribution in [3.8, 4) is 0 Å². The Kier molecular flexibility index (Phi) is 3.62. The number of pyridine rings is 1. The SMILES string of the molecule is Cc1cnccc1Sc1ccc(F)c(C(=O)O)c1. The topological polar surface area (TPSA) is 50.2 Å². The lowest BCUT2D eigenvalue weighted by Crippen LogP contribution is -2.00. The highest BCUT2D eigenvalue weighted by Gasteiger charge is 2.11. The van der Waals surface area contributed by atoms with Gasteiger partial charge in [-0.2, -0.15) is 0 Å². The molecule has 18 heavy (non-hydrogen) atoms. The summed E-state index contributed by atoms with van der Waals surface area (Å²) in [6.45, 7) is 1.91. The van der Waals surface area contributed by atoms with E-state index in [4.69, 9.17) is 5.11 Å². The molecule has 0 amide bonds. The normalized spacial score (nSPS) is 10.3. The third-order valence-corrected chi connectivity index (χ3v) is 3.53. The summed E-state index contributed by atoms with van der Waals surface area (Å²) in [5.74, 6) is -1.99. The Hall–Kier alpha value is -1.88. The van der Waals surface area contributed by atoms with E-state index in [0.29, 0.717) is 4.90 Å². The summed E-state index contributed by atoms with van der Waals surface area (Å²) < 4.78 is 13.2. The van der Waals surface area contributed by atoms with E-state index in [-0.39, 0.29) is 5.56 Å². The van der Waals surface area contributed by atoms with E-state index < -0.39 is 11.8 Å². The first kappa shape index (κ1) is 12.6. The van der Waals surface area contributed by atoms with Crippen LogP contribution in [0.2, 0.25) is 0 Å². The number of carbonyl (C=O) groups is 1. The van der Waals surface area contributed by atoms with E-state index in [9.17, 15) is 9.18 Å². The van der Waals surface area contributed by atoms with Crippen LogP contribution in [0.4, 0.5) is 4.39 Å². The smallest absolute Gasteiger partial charge is 0.338 e. The second-order valence-electron chi connectivity index (χ2n) is 3.69. The van der Waals surface area contributed by atoms with Crippen LogP contribution in [0.25, 0.3) is 0 Å². The van der Waals surface area contributed by atoms with Crippen LogP contribution in [0, 0.1) is 12.7 Å². The van der Waals surface area contributed by atoms with Crippen molar-refractivity contribution in [1.82, 2.24) is 4.98 Å². The van der Waals surface area contributed by atoms with E-state index >= 15 is 0 Å². The van der Waals surface area contributed by atoms with Crippen molar-refractivity contribution in [2.75, 3.05) is 0 Å². The molecule has 0 aliphatic carbocycles. The summed E-state index contributed by atoms with van der Waals surface area (Å²) in [7, 11) is 0. The Morgan fingerprint density at radius 3 is 2.83 bits per heavy atom. The summed E-state index contributed by atoms with van der Waals surface area (Å²) in [5, 5.41) is 8.85. The predicted molar refractivity (Wildman–Crippen MR) is 66.5 cm³/mol. The molecule has 5 heteroatoms. The van der Waals surface area contributed by atoms with Gasteiger partial charge >= 0.3 is 5.97 Å². The lowest BCUT2D eigenvalue weighted by atomic mass is 10.2. The molecule has 0 fully saturated rings. The summed E-state index contributed by atoms with van der Waals surface area (Å²) >= 11 is 1.38. The molecular weight excluding hydrogens is 253 g/mol. The number of aryl methyl sites for hydroxylation is 1. The lowest BCUT2D eigenvalue weighted by molar-refractivity contribution is 0.0691. The van der Waals surface area contributed by atoms with Gasteiger partial charge in [0.05, 0.1) is 5.56 Å². The Morgan fingerprint density at radius 1 is 1.39 bits per heavy atom. The summed E-state index contributed by atoms with van der Waals surface area (Å²) in [5.41, 5.74) is 0.676. The Labute approximate surface area is 108 Å². The third-order valence-electron chi connectivity index (χ3n) is 2.36. The molecule has 0 unspecified atom stereocenters. The maximum atomic E-state index is 13.2. The molecular formula is C13H10FNO2S. The summed E-state index contributed by atoms with van der Waals surface area (Å²) in [6.07, 6.45) is 3.39.